The van der Waals surface area contributed by atoms with E-state index in [1.807, 2.05) is 24.3 Å². The predicted molar refractivity (Wildman–Crippen MR) is 82.9 cm³/mol. The minimum atomic E-state index is -0.538. The maximum absolute atomic E-state index is 10.6. The number of nitrogens with one attached hydrogen (secondary N) is 1. The van der Waals surface area contributed by atoms with Crippen LogP contribution in [0.5, 0.6) is 5.75 Å². The summed E-state index contributed by atoms with van der Waals surface area (Å²) in [5.74, 6) is 0.999. The van der Waals surface area contributed by atoms with Crippen LogP contribution < -0.4 is 10.1 Å². The van der Waals surface area contributed by atoms with Gasteiger partial charge < -0.3 is 14.8 Å². The van der Waals surface area contributed by atoms with Gasteiger partial charge in [0, 0.05) is 18.4 Å². The number of ether oxygens (including phenoxy) is 2. The third-order valence-electron chi connectivity index (χ3n) is 3.40. The van der Waals surface area contributed by atoms with Crippen LogP contribution in [0, 0.1) is 10.1 Å². The molecule has 1 aliphatic heterocycles. The lowest BCUT2D eigenvalue weighted by Gasteiger charge is -2.12. The zero-order valence-electron chi connectivity index (χ0n) is 12.3. The van der Waals surface area contributed by atoms with E-state index in [0.717, 1.165) is 37.5 Å². The van der Waals surface area contributed by atoms with Gasteiger partial charge in [-0.15, -0.1) is 0 Å². The molecule has 2 heterocycles. The fourth-order valence-corrected chi connectivity index (χ4v) is 2.24. The molecule has 1 aromatic heterocycles. The molecule has 3 rings (SSSR count). The number of nitrogens with zero attached hydrogens (tertiary/aromatic N) is 3. The smallest absolute Gasteiger partial charge is 0.305 e. The SMILES string of the molecule is O=[N+]([O-])c1cnc(Nc2cccc(OCC3CCCO3)c2)nc1. The van der Waals surface area contributed by atoms with Crippen LogP contribution in [0.2, 0.25) is 0 Å². The molecule has 0 saturated carbocycles. The summed E-state index contributed by atoms with van der Waals surface area (Å²) in [7, 11) is 0. The summed E-state index contributed by atoms with van der Waals surface area (Å²) in [6, 6.07) is 7.36. The summed E-state index contributed by atoms with van der Waals surface area (Å²) in [5.41, 5.74) is 0.591. The highest BCUT2D eigenvalue weighted by atomic mass is 16.6. The Morgan fingerprint density at radius 2 is 2.22 bits per heavy atom. The molecular formula is C15H16N4O4. The van der Waals surface area contributed by atoms with Gasteiger partial charge in [-0.3, -0.25) is 10.1 Å². The van der Waals surface area contributed by atoms with Crippen LogP contribution in [-0.4, -0.2) is 34.2 Å². The third kappa shape index (κ3) is 4.13. The lowest BCUT2D eigenvalue weighted by Crippen LogP contribution is -2.16. The lowest BCUT2D eigenvalue weighted by molar-refractivity contribution is -0.385. The van der Waals surface area contributed by atoms with E-state index in [2.05, 4.69) is 15.3 Å². The van der Waals surface area contributed by atoms with Crippen molar-refractivity contribution in [2.24, 2.45) is 0 Å². The lowest BCUT2D eigenvalue weighted by atomic mass is 10.2. The first-order valence-corrected chi connectivity index (χ1v) is 7.28. The van der Waals surface area contributed by atoms with Crippen LogP contribution in [0.25, 0.3) is 0 Å². The molecule has 2 aromatic rings. The summed E-state index contributed by atoms with van der Waals surface area (Å²) < 4.78 is 11.2. The Morgan fingerprint density at radius 1 is 1.39 bits per heavy atom. The Bertz CT molecular complexity index is 671. The third-order valence-corrected chi connectivity index (χ3v) is 3.40. The first-order valence-electron chi connectivity index (χ1n) is 7.28. The molecule has 1 saturated heterocycles. The van der Waals surface area contributed by atoms with Gasteiger partial charge in [0.15, 0.2) is 0 Å². The van der Waals surface area contributed by atoms with Crippen molar-refractivity contribution in [3.05, 3.63) is 46.8 Å². The number of hydrogen-bond acceptors (Lipinski definition) is 7. The zero-order chi connectivity index (χ0) is 16.1. The fraction of sp³-hybridized carbons (Fsp3) is 0.333. The molecule has 1 atom stereocenters. The minimum Gasteiger partial charge on any atom is -0.491 e. The Kier molecular flexibility index (Phi) is 4.62. The summed E-state index contributed by atoms with van der Waals surface area (Å²) in [6.07, 6.45) is 4.58. The summed E-state index contributed by atoms with van der Waals surface area (Å²) in [4.78, 5) is 17.9. The molecule has 120 valence electrons. The second-order valence-electron chi connectivity index (χ2n) is 5.12. The first kappa shape index (κ1) is 15.2. The monoisotopic (exact) mass is 316 g/mol. The van der Waals surface area contributed by atoms with Gasteiger partial charge in [0.1, 0.15) is 24.8 Å². The van der Waals surface area contributed by atoms with Gasteiger partial charge in [0.25, 0.3) is 0 Å². The minimum absolute atomic E-state index is 0.149. The van der Waals surface area contributed by atoms with E-state index in [0.29, 0.717) is 12.4 Å². The number of benzene rings is 1. The highest BCUT2D eigenvalue weighted by molar-refractivity contribution is 5.55. The van der Waals surface area contributed by atoms with E-state index in [9.17, 15) is 10.1 Å². The van der Waals surface area contributed by atoms with Gasteiger partial charge in [0.05, 0.1) is 11.0 Å². The van der Waals surface area contributed by atoms with Gasteiger partial charge in [-0.05, 0) is 25.0 Å². The standard InChI is InChI=1S/C15H16N4O4/c20-19(21)12-8-16-15(17-9-12)18-11-3-1-4-13(7-11)23-10-14-5-2-6-22-14/h1,3-4,7-9,14H,2,5-6,10H2,(H,16,17,18). The van der Waals surface area contributed by atoms with Crippen molar-refractivity contribution in [1.82, 2.24) is 9.97 Å². The fourth-order valence-electron chi connectivity index (χ4n) is 2.24. The molecule has 8 nitrogen and oxygen atoms in total. The quantitative estimate of drug-likeness (QED) is 0.646. The molecule has 1 fully saturated rings. The van der Waals surface area contributed by atoms with Crippen LogP contribution in [0.3, 0.4) is 0 Å². The van der Waals surface area contributed by atoms with Crippen LogP contribution in [0.4, 0.5) is 17.3 Å². The van der Waals surface area contributed by atoms with Gasteiger partial charge >= 0.3 is 5.69 Å². The van der Waals surface area contributed by atoms with Crippen molar-refractivity contribution in [2.75, 3.05) is 18.5 Å². The zero-order valence-corrected chi connectivity index (χ0v) is 12.3. The molecule has 1 N–H and O–H groups in total. The Hall–Kier alpha value is -2.74. The maximum atomic E-state index is 10.6. The van der Waals surface area contributed by atoms with Gasteiger partial charge in [-0.2, -0.15) is 0 Å². The van der Waals surface area contributed by atoms with Crippen molar-refractivity contribution in [3.63, 3.8) is 0 Å². The van der Waals surface area contributed by atoms with Crippen molar-refractivity contribution < 1.29 is 14.4 Å². The summed E-state index contributed by atoms with van der Waals surface area (Å²) in [6.45, 7) is 1.32. The Labute approximate surface area is 132 Å². The number of aromatic nitrogens is 2. The summed E-state index contributed by atoms with van der Waals surface area (Å²) in [5, 5.41) is 13.6. The molecule has 0 spiro atoms. The maximum Gasteiger partial charge on any atom is 0.305 e. The molecule has 1 unspecified atom stereocenters. The molecule has 1 aromatic carbocycles. The molecular weight excluding hydrogens is 300 g/mol. The molecule has 8 heteroatoms. The normalized spacial score (nSPS) is 17.0. The first-order chi connectivity index (χ1) is 11.2. The second kappa shape index (κ2) is 7.01. The van der Waals surface area contributed by atoms with Crippen molar-refractivity contribution in [3.8, 4) is 5.75 Å². The molecule has 0 radical (unpaired) electrons. The van der Waals surface area contributed by atoms with Crippen LogP contribution in [-0.2, 0) is 4.74 Å². The van der Waals surface area contributed by atoms with Crippen molar-refractivity contribution >= 4 is 17.3 Å². The van der Waals surface area contributed by atoms with E-state index in [1.165, 1.54) is 0 Å². The molecule has 23 heavy (non-hydrogen) atoms. The second-order valence-corrected chi connectivity index (χ2v) is 5.12. The van der Waals surface area contributed by atoms with Gasteiger partial charge in [-0.25, -0.2) is 9.97 Å². The van der Waals surface area contributed by atoms with E-state index >= 15 is 0 Å². The van der Waals surface area contributed by atoms with Gasteiger partial charge in [0.2, 0.25) is 5.95 Å². The summed E-state index contributed by atoms with van der Waals surface area (Å²) >= 11 is 0. The van der Waals surface area contributed by atoms with Crippen molar-refractivity contribution in [2.45, 2.75) is 18.9 Å². The largest absolute Gasteiger partial charge is 0.491 e. The average molecular weight is 316 g/mol. The van der Waals surface area contributed by atoms with Crippen molar-refractivity contribution in [1.29, 1.82) is 0 Å². The number of hydrogen-bond donors (Lipinski definition) is 1. The Balaban J connectivity index is 1.61. The molecule has 1 aliphatic rings. The Morgan fingerprint density at radius 3 is 2.91 bits per heavy atom. The molecule has 0 amide bonds. The molecule has 0 bridgehead atoms. The van der Waals surface area contributed by atoms with Crippen LogP contribution in [0.15, 0.2) is 36.7 Å². The predicted octanol–water partition coefficient (Wildman–Crippen LogP) is 2.69. The van der Waals surface area contributed by atoms with Crippen LogP contribution >= 0.6 is 0 Å². The number of nitro groups is 1. The van der Waals surface area contributed by atoms with E-state index < -0.39 is 4.92 Å². The van der Waals surface area contributed by atoms with E-state index in [-0.39, 0.29) is 17.7 Å². The topological polar surface area (TPSA) is 99.4 Å². The van der Waals surface area contributed by atoms with Gasteiger partial charge in [-0.1, -0.05) is 6.07 Å². The van der Waals surface area contributed by atoms with E-state index in [1.54, 1.807) is 0 Å². The van der Waals surface area contributed by atoms with Crippen LogP contribution in [0.1, 0.15) is 12.8 Å². The number of rotatable bonds is 6. The highest BCUT2D eigenvalue weighted by Gasteiger charge is 2.16. The highest BCUT2D eigenvalue weighted by Crippen LogP contribution is 2.21. The van der Waals surface area contributed by atoms with E-state index in [4.69, 9.17) is 9.47 Å². The molecule has 0 aliphatic carbocycles. The average Bonchev–Trinajstić information content (AvgIpc) is 3.07. The number of anilines is 2.